The Morgan fingerprint density at radius 3 is 2.57 bits per heavy atom. The molecule has 1 atom stereocenters. The average Bonchev–Trinajstić information content (AvgIpc) is 2.82. The Balaban J connectivity index is 0.000000300. The normalized spacial score (nSPS) is 17.0. The summed E-state index contributed by atoms with van der Waals surface area (Å²) in [5, 5.41) is 31.9. The number of rotatable bonds is 6. The molecule has 1 fully saturated rings. The highest BCUT2D eigenvalue weighted by molar-refractivity contribution is 5.89. The summed E-state index contributed by atoms with van der Waals surface area (Å²) in [6.07, 6.45) is 4.58. The van der Waals surface area contributed by atoms with Gasteiger partial charge in [0.25, 0.3) is 0 Å². The van der Waals surface area contributed by atoms with Crippen molar-refractivity contribution in [2.75, 3.05) is 25.0 Å². The van der Waals surface area contributed by atoms with E-state index >= 15 is 0 Å². The van der Waals surface area contributed by atoms with Crippen LogP contribution < -0.4 is 10.6 Å². The van der Waals surface area contributed by atoms with E-state index in [0.29, 0.717) is 24.7 Å². The van der Waals surface area contributed by atoms with Crippen molar-refractivity contribution in [2.24, 2.45) is 0 Å². The number of para-hydroxylation sites is 2. The standard InChI is InChI=1S/C15H22N4O.C4H4O4/c20-11-10-19-14-6-2-1-5-13(14)18-15(19)17-12-4-3-8-16-9-7-12;5-3(6)1-2-4(7)8/h1-2,5-6,12,16,20H,3-4,7-11H2,(H,17,18);1-2H,(H,5,6)(H,7,8)/b;2-1+. The van der Waals surface area contributed by atoms with E-state index in [1.165, 1.54) is 6.42 Å². The van der Waals surface area contributed by atoms with Crippen molar-refractivity contribution >= 4 is 28.9 Å². The molecule has 0 bridgehead atoms. The molecule has 1 saturated heterocycles. The molecule has 152 valence electrons. The number of hydrogen-bond donors (Lipinski definition) is 5. The lowest BCUT2D eigenvalue weighted by Gasteiger charge is -2.17. The summed E-state index contributed by atoms with van der Waals surface area (Å²) in [6, 6.07) is 8.54. The van der Waals surface area contributed by atoms with Crippen LogP contribution in [0.1, 0.15) is 19.3 Å². The lowest BCUT2D eigenvalue weighted by Crippen LogP contribution is -2.23. The number of aliphatic hydroxyl groups excluding tert-OH is 1. The zero-order valence-electron chi connectivity index (χ0n) is 15.5. The third-order valence-electron chi connectivity index (χ3n) is 4.26. The van der Waals surface area contributed by atoms with Gasteiger partial charge in [-0.25, -0.2) is 14.6 Å². The molecule has 1 aliphatic rings. The maximum absolute atomic E-state index is 9.55. The van der Waals surface area contributed by atoms with Crippen LogP contribution in [0.4, 0.5) is 5.95 Å². The Kier molecular flexibility index (Phi) is 8.44. The van der Waals surface area contributed by atoms with E-state index in [1.54, 1.807) is 0 Å². The van der Waals surface area contributed by atoms with E-state index in [-0.39, 0.29) is 6.61 Å². The Hall–Kier alpha value is -2.91. The minimum atomic E-state index is -1.26. The van der Waals surface area contributed by atoms with Crippen LogP contribution in [0.5, 0.6) is 0 Å². The number of hydrogen-bond acceptors (Lipinski definition) is 6. The molecule has 1 unspecified atom stereocenters. The molecule has 0 spiro atoms. The Labute approximate surface area is 162 Å². The second-order valence-electron chi connectivity index (χ2n) is 6.33. The molecule has 1 aromatic heterocycles. The average molecular weight is 390 g/mol. The first kappa shape index (κ1) is 21.4. The van der Waals surface area contributed by atoms with Crippen LogP contribution in [0.2, 0.25) is 0 Å². The lowest BCUT2D eigenvalue weighted by molar-refractivity contribution is -0.134. The van der Waals surface area contributed by atoms with Gasteiger partial charge in [0.05, 0.1) is 17.6 Å². The van der Waals surface area contributed by atoms with Crippen LogP contribution in [0.15, 0.2) is 36.4 Å². The van der Waals surface area contributed by atoms with Gasteiger partial charge in [0.15, 0.2) is 0 Å². The first-order valence-corrected chi connectivity index (χ1v) is 9.18. The Morgan fingerprint density at radius 2 is 1.89 bits per heavy atom. The molecule has 0 aliphatic carbocycles. The van der Waals surface area contributed by atoms with Crippen molar-refractivity contribution in [3.8, 4) is 0 Å². The highest BCUT2D eigenvalue weighted by Gasteiger charge is 2.16. The third kappa shape index (κ3) is 6.67. The summed E-state index contributed by atoms with van der Waals surface area (Å²) in [5.74, 6) is -1.63. The van der Waals surface area contributed by atoms with Gasteiger partial charge in [-0.15, -0.1) is 0 Å². The topological polar surface area (TPSA) is 137 Å². The SMILES string of the molecule is O=C(O)/C=C/C(=O)O.OCCn1c(NC2CCCNCC2)nc2ccccc21. The van der Waals surface area contributed by atoms with Crippen LogP contribution in [0.25, 0.3) is 11.0 Å². The van der Waals surface area contributed by atoms with E-state index in [0.717, 1.165) is 42.9 Å². The number of nitrogens with zero attached hydrogens (tertiary/aromatic N) is 2. The van der Waals surface area contributed by atoms with Gasteiger partial charge < -0.3 is 30.5 Å². The minimum Gasteiger partial charge on any atom is -0.478 e. The van der Waals surface area contributed by atoms with E-state index in [9.17, 15) is 14.7 Å². The van der Waals surface area contributed by atoms with Crippen LogP contribution in [0, 0.1) is 0 Å². The van der Waals surface area contributed by atoms with Gasteiger partial charge in [-0.1, -0.05) is 12.1 Å². The highest BCUT2D eigenvalue weighted by atomic mass is 16.4. The maximum atomic E-state index is 9.55. The molecule has 0 saturated carbocycles. The predicted octanol–water partition coefficient (Wildman–Crippen LogP) is 1.29. The van der Waals surface area contributed by atoms with E-state index < -0.39 is 11.9 Å². The number of anilines is 1. The number of aliphatic hydroxyl groups is 1. The molecule has 0 radical (unpaired) electrons. The first-order valence-electron chi connectivity index (χ1n) is 9.18. The van der Waals surface area contributed by atoms with Crippen LogP contribution in [-0.2, 0) is 16.1 Å². The number of carboxylic acid groups (broad SMARTS) is 2. The third-order valence-corrected chi connectivity index (χ3v) is 4.26. The number of nitrogens with one attached hydrogen (secondary N) is 2. The second-order valence-corrected chi connectivity index (χ2v) is 6.33. The number of aliphatic carboxylic acids is 2. The number of carbonyl (C=O) groups is 2. The smallest absolute Gasteiger partial charge is 0.328 e. The van der Waals surface area contributed by atoms with Crippen LogP contribution >= 0.6 is 0 Å². The predicted molar refractivity (Wildman–Crippen MR) is 105 cm³/mol. The number of fused-ring (bicyclic) bond motifs is 1. The van der Waals surface area contributed by atoms with Gasteiger partial charge in [-0.3, -0.25) is 0 Å². The molecule has 5 N–H and O–H groups in total. The minimum absolute atomic E-state index is 0.126. The fourth-order valence-corrected chi connectivity index (χ4v) is 3.00. The Morgan fingerprint density at radius 1 is 1.18 bits per heavy atom. The molecule has 3 rings (SSSR count). The van der Waals surface area contributed by atoms with Gasteiger partial charge in [0, 0.05) is 24.7 Å². The zero-order valence-corrected chi connectivity index (χ0v) is 15.5. The molecular weight excluding hydrogens is 364 g/mol. The Bertz CT molecular complexity index is 794. The highest BCUT2D eigenvalue weighted by Crippen LogP contribution is 2.21. The molecule has 0 amide bonds. The van der Waals surface area contributed by atoms with E-state index in [1.807, 2.05) is 18.2 Å². The monoisotopic (exact) mass is 390 g/mol. The zero-order chi connectivity index (χ0) is 20.4. The molecule has 9 heteroatoms. The molecule has 2 aromatic rings. The fraction of sp³-hybridized carbons (Fsp3) is 0.421. The van der Waals surface area contributed by atoms with Crippen molar-refractivity contribution in [3.05, 3.63) is 36.4 Å². The van der Waals surface area contributed by atoms with Crippen molar-refractivity contribution in [1.82, 2.24) is 14.9 Å². The van der Waals surface area contributed by atoms with Crippen LogP contribution in [-0.4, -0.2) is 62.5 Å². The summed E-state index contributed by atoms with van der Waals surface area (Å²) in [6.45, 7) is 2.86. The molecule has 28 heavy (non-hydrogen) atoms. The molecule has 2 heterocycles. The van der Waals surface area contributed by atoms with Gasteiger partial charge in [0.2, 0.25) is 5.95 Å². The molecule has 9 nitrogen and oxygen atoms in total. The van der Waals surface area contributed by atoms with E-state index in [4.69, 9.17) is 10.2 Å². The number of benzene rings is 1. The largest absolute Gasteiger partial charge is 0.478 e. The second kappa shape index (κ2) is 11.1. The quantitative estimate of drug-likeness (QED) is 0.466. The number of imidazole rings is 1. The summed E-state index contributed by atoms with van der Waals surface area (Å²) < 4.78 is 2.08. The summed E-state index contributed by atoms with van der Waals surface area (Å²) in [5.41, 5.74) is 2.06. The number of carboxylic acids is 2. The first-order chi connectivity index (χ1) is 13.5. The lowest BCUT2D eigenvalue weighted by atomic mass is 10.1. The summed E-state index contributed by atoms with van der Waals surface area (Å²) in [4.78, 5) is 23.8. The molecule has 1 aromatic carbocycles. The van der Waals surface area contributed by atoms with Crippen molar-refractivity contribution in [1.29, 1.82) is 0 Å². The van der Waals surface area contributed by atoms with Gasteiger partial charge >= 0.3 is 11.9 Å². The van der Waals surface area contributed by atoms with Gasteiger partial charge in [-0.05, 0) is 44.5 Å². The van der Waals surface area contributed by atoms with Gasteiger partial charge in [-0.2, -0.15) is 0 Å². The van der Waals surface area contributed by atoms with Crippen molar-refractivity contribution in [3.63, 3.8) is 0 Å². The van der Waals surface area contributed by atoms with Gasteiger partial charge in [0.1, 0.15) is 0 Å². The van der Waals surface area contributed by atoms with E-state index in [2.05, 4.69) is 26.3 Å². The molecular formula is C19H26N4O5. The molecule has 1 aliphatic heterocycles. The van der Waals surface area contributed by atoms with Crippen molar-refractivity contribution in [2.45, 2.75) is 31.8 Å². The fourth-order valence-electron chi connectivity index (χ4n) is 3.00. The van der Waals surface area contributed by atoms with Crippen LogP contribution in [0.3, 0.4) is 0 Å². The summed E-state index contributed by atoms with van der Waals surface area (Å²) >= 11 is 0. The van der Waals surface area contributed by atoms with Crippen molar-refractivity contribution < 1.29 is 24.9 Å². The summed E-state index contributed by atoms with van der Waals surface area (Å²) in [7, 11) is 0. The number of aromatic nitrogens is 2. The maximum Gasteiger partial charge on any atom is 0.328 e.